The minimum atomic E-state index is 0.0791. The van der Waals surface area contributed by atoms with Crippen molar-refractivity contribution in [3.63, 3.8) is 0 Å². The molecule has 1 aromatic heterocycles. The van der Waals surface area contributed by atoms with Crippen molar-refractivity contribution >= 4 is 5.91 Å². The van der Waals surface area contributed by atoms with Gasteiger partial charge in [0.15, 0.2) is 0 Å². The largest absolute Gasteiger partial charge is 0.361 e. The summed E-state index contributed by atoms with van der Waals surface area (Å²) in [5.41, 5.74) is 7.52. The summed E-state index contributed by atoms with van der Waals surface area (Å²) in [6, 6.07) is 0. The van der Waals surface area contributed by atoms with Gasteiger partial charge >= 0.3 is 0 Å². The normalized spacial score (nSPS) is 23.3. The molecule has 5 heteroatoms. The van der Waals surface area contributed by atoms with E-state index in [9.17, 15) is 4.79 Å². The highest BCUT2D eigenvalue weighted by Gasteiger charge is 2.31. The number of nitrogens with two attached hydrogens (primary N) is 1. The Labute approximate surface area is 107 Å². The fourth-order valence-corrected chi connectivity index (χ4v) is 2.72. The average molecular weight is 251 g/mol. The van der Waals surface area contributed by atoms with Crippen LogP contribution in [0.25, 0.3) is 0 Å². The molecule has 3 N–H and O–H groups in total. The van der Waals surface area contributed by atoms with Crippen molar-refractivity contribution in [3.05, 3.63) is 17.0 Å². The van der Waals surface area contributed by atoms with E-state index in [1.165, 1.54) is 0 Å². The first-order chi connectivity index (χ1) is 8.63. The highest BCUT2D eigenvalue weighted by atomic mass is 16.5. The maximum Gasteiger partial charge on any atom is 0.223 e. The van der Waals surface area contributed by atoms with Gasteiger partial charge in [-0.1, -0.05) is 11.6 Å². The van der Waals surface area contributed by atoms with Gasteiger partial charge in [-0.2, -0.15) is 0 Å². The zero-order valence-corrected chi connectivity index (χ0v) is 11.0. The zero-order chi connectivity index (χ0) is 13.1. The van der Waals surface area contributed by atoms with Gasteiger partial charge in [0.2, 0.25) is 5.91 Å². The van der Waals surface area contributed by atoms with Gasteiger partial charge in [0.05, 0.1) is 5.69 Å². The fraction of sp³-hybridized carbons (Fsp3) is 0.692. The second-order valence-corrected chi connectivity index (χ2v) is 5.05. The summed E-state index contributed by atoms with van der Waals surface area (Å²) in [7, 11) is 0. The predicted octanol–water partition coefficient (Wildman–Crippen LogP) is 1.28. The number of rotatable bonds is 4. The maximum absolute atomic E-state index is 12.1. The van der Waals surface area contributed by atoms with Crippen LogP contribution >= 0.6 is 0 Å². The number of hydrogen-bond acceptors (Lipinski definition) is 4. The fourth-order valence-electron chi connectivity index (χ4n) is 2.72. The smallest absolute Gasteiger partial charge is 0.223 e. The lowest BCUT2D eigenvalue weighted by molar-refractivity contribution is -0.126. The van der Waals surface area contributed by atoms with Crippen molar-refractivity contribution in [1.82, 2.24) is 10.5 Å². The second kappa shape index (κ2) is 5.52. The van der Waals surface area contributed by atoms with E-state index in [2.05, 4.69) is 10.5 Å². The van der Waals surface area contributed by atoms with Crippen molar-refractivity contribution in [2.45, 2.75) is 39.7 Å². The lowest BCUT2D eigenvalue weighted by Crippen LogP contribution is -2.34. The van der Waals surface area contributed by atoms with Gasteiger partial charge in [0, 0.05) is 18.0 Å². The molecule has 0 spiro atoms. The van der Waals surface area contributed by atoms with E-state index in [1.54, 1.807) is 0 Å². The van der Waals surface area contributed by atoms with E-state index in [1.807, 2.05) is 13.8 Å². The summed E-state index contributed by atoms with van der Waals surface area (Å²) in [5.74, 6) is 1.31. The first kappa shape index (κ1) is 13.1. The van der Waals surface area contributed by atoms with Gasteiger partial charge in [-0.05, 0) is 39.2 Å². The van der Waals surface area contributed by atoms with Gasteiger partial charge in [-0.15, -0.1) is 0 Å². The number of nitrogens with zero attached hydrogens (tertiary/aromatic N) is 1. The number of amides is 1. The van der Waals surface area contributed by atoms with E-state index >= 15 is 0 Å². The molecule has 1 heterocycles. The molecule has 1 aliphatic carbocycles. The molecule has 18 heavy (non-hydrogen) atoms. The van der Waals surface area contributed by atoms with E-state index < -0.39 is 0 Å². The first-order valence-corrected chi connectivity index (χ1v) is 6.53. The molecule has 2 rings (SSSR count). The van der Waals surface area contributed by atoms with Gasteiger partial charge in [-0.3, -0.25) is 4.79 Å². The van der Waals surface area contributed by atoms with Crippen LogP contribution in [0, 0.1) is 25.7 Å². The van der Waals surface area contributed by atoms with Crippen molar-refractivity contribution in [3.8, 4) is 0 Å². The number of nitrogens with one attached hydrogen (secondary N) is 1. The monoisotopic (exact) mass is 251 g/mol. The Morgan fingerprint density at radius 2 is 2.28 bits per heavy atom. The second-order valence-electron chi connectivity index (χ2n) is 5.05. The summed E-state index contributed by atoms with van der Waals surface area (Å²) in [6.07, 6.45) is 3.13. The molecule has 0 unspecified atom stereocenters. The molecule has 1 saturated carbocycles. The third-order valence-electron chi connectivity index (χ3n) is 3.92. The van der Waals surface area contributed by atoms with Crippen LogP contribution in [0.1, 0.15) is 36.3 Å². The quantitative estimate of drug-likeness (QED) is 0.844. The zero-order valence-electron chi connectivity index (χ0n) is 11.0. The molecule has 100 valence electrons. The molecular formula is C13H21N3O2. The molecule has 5 nitrogen and oxygen atoms in total. The lowest BCUT2D eigenvalue weighted by Gasteiger charge is -2.17. The van der Waals surface area contributed by atoms with E-state index in [0.717, 1.165) is 36.3 Å². The third kappa shape index (κ3) is 2.56. The van der Waals surface area contributed by atoms with Gasteiger partial charge in [0.25, 0.3) is 0 Å². The van der Waals surface area contributed by atoms with Crippen LogP contribution in [0.4, 0.5) is 0 Å². The Morgan fingerprint density at radius 3 is 2.89 bits per heavy atom. The van der Waals surface area contributed by atoms with E-state index in [4.69, 9.17) is 10.3 Å². The van der Waals surface area contributed by atoms with Gasteiger partial charge < -0.3 is 15.6 Å². The number of aryl methyl sites for hydroxylation is 2. The Kier molecular flexibility index (Phi) is 4.01. The number of hydrogen-bond donors (Lipinski definition) is 2. The highest BCUT2D eigenvalue weighted by Crippen LogP contribution is 2.31. The van der Waals surface area contributed by atoms with Crippen LogP contribution < -0.4 is 11.1 Å². The summed E-state index contributed by atoms with van der Waals surface area (Å²) < 4.78 is 5.07. The first-order valence-electron chi connectivity index (χ1n) is 6.53. The molecule has 1 fully saturated rings. The Morgan fingerprint density at radius 1 is 1.50 bits per heavy atom. The molecule has 0 aliphatic heterocycles. The van der Waals surface area contributed by atoms with Crippen molar-refractivity contribution in [2.75, 3.05) is 6.54 Å². The van der Waals surface area contributed by atoms with Crippen molar-refractivity contribution in [1.29, 1.82) is 0 Å². The van der Waals surface area contributed by atoms with Crippen LogP contribution in [0.3, 0.4) is 0 Å². The molecule has 1 aromatic rings. The summed E-state index contributed by atoms with van der Waals surface area (Å²) in [5, 5.41) is 6.85. The SMILES string of the molecule is Cc1noc(C)c1CNC(=O)[C@@H]1CCC[C@@H]1CN. The van der Waals surface area contributed by atoms with Gasteiger partial charge in [0.1, 0.15) is 5.76 Å². The molecule has 1 aliphatic rings. The summed E-state index contributed by atoms with van der Waals surface area (Å²) in [4.78, 5) is 12.1. The van der Waals surface area contributed by atoms with Crippen LogP contribution in [0.15, 0.2) is 4.52 Å². The molecule has 1 amide bonds. The van der Waals surface area contributed by atoms with Crippen LogP contribution in [0.2, 0.25) is 0 Å². The average Bonchev–Trinajstić information content (AvgIpc) is 2.94. The van der Waals surface area contributed by atoms with Crippen LogP contribution in [-0.2, 0) is 11.3 Å². The Hall–Kier alpha value is -1.36. The summed E-state index contributed by atoms with van der Waals surface area (Å²) >= 11 is 0. The van der Waals surface area contributed by atoms with Crippen LogP contribution in [0.5, 0.6) is 0 Å². The Bertz CT molecular complexity index is 408. The maximum atomic E-state index is 12.1. The van der Waals surface area contributed by atoms with Crippen molar-refractivity contribution < 1.29 is 9.32 Å². The standard InChI is InChI=1S/C13H21N3O2/c1-8-12(9(2)18-16-8)7-15-13(17)11-5-3-4-10(11)6-14/h10-11H,3-7,14H2,1-2H3,(H,15,17)/t10-,11-/m1/s1. The van der Waals surface area contributed by atoms with Crippen LogP contribution in [-0.4, -0.2) is 17.6 Å². The predicted molar refractivity (Wildman–Crippen MR) is 67.7 cm³/mol. The minimum absolute atomic E-state index is 0.0791. The highest BCUT2D eigenvalue weighted by molar-refractivity contribution is 5.79. The summed E-state index contributed by atoms with van der Waals surface area (Å²) in [6.45, 7) is 4.84. The van der Waals surface area contributed by atoms with Crippen molar-refractivity contribution in [2.24, 2.45) is 17.6 Å². The molecule has 0 radical (unpaired) electrons. The molecule has 0 bridgehead atoms. The molecule has 2 atom stereocenters. The third-order valence-corrected chi connectivity index (χ3v) is 3.92. The topological polar surface area (TPSA) is 81.2 Å². The molecule has 0 saturated heterocycles. The number of carbonyl (C=O) groups is 1. The molecule has 0 aromatic carbocycles. The number of carbonyl (C=O) groups excluding carboxylic acids is 1. The Balaban J connectivity index is 1.92. The molecular weight excluding hydrogens is 230 g/mol. The minimum Gasteiger partial charge on any atom is -0.361 e. The van der Waals surface area contributed by atoms with E-state index in [-0.39, 0.29) is 11.8 Å². The van der Waals surface area contributed by atoms with Gasteiger partial charge in [-0.25, -0.2) is 0 Å². The number of aromatic nitrogens is 1. The lowest BCUT2D eigenvalue weighted by atomic mass is 9.95. The van der Waals surface area contributed by atoms with E-state index in [0.29, 0.717) is 19.0 Å².